The van der Waals surface area contributed by atoms with Crippen LogP contribution in [0.25, 0.3) is 0 Å². The standard InChI is InChI=1S/C17H23ClN4/c1-4-5-6-8-19-17-20-9-7-15(22-17)21-16-13(3)10-12(2)11-14(16)18/h7,9-11H,4-6,8H2,1-3H3,(H2,19,20,21,22). The Kier molecular flexibility index (Phi) is 6.01. The third kappa shape index (κ3) is 4.60. The Morgan fingerprint density at radius 1 is 1.18 bits per heavy atom. The van der Waals surface area contributed by atoms with E-state index in [2.05, 4.69) is 33.6 Å². The second-order valence-electron chi connectivity index (χ2n) is 5.46. The number of unbranched alkanes of at least 4 members (excludes halogenated alkanes) is 2. The SMILES string of the molecule is CCCCCNc1nccc(Nc2c(C)cc(C)cc2Cl)n1. The molecule has 0 atom stereocenters. The summed E-state index contributed by atoms with van der Waals surface area (Å²) in [5, 5.41) is 7.24. The summed E-state index contributed by atoms with van der Waals surface area (Å²) in [7, 11) is 0. The number of halogens is 1. The number of hydrogen-bond donors (Lipinski definition) is 2. The lowest BCUT2D eigenvalue weighted by Crippen LogP contribution is -2.06. The van der Waals surface area contributed by atoms with E-state index < -0.39 is 0 Å². The fourth-order valence-electron chi connectivity index (χ4n) is 2.29. The van der Waals surface area contributed by atoms with Crippen LogP contribution in [0.1, 0.15) is 37.3 Å². The van der Waals surface area contributed by atoms with Crippen molar-refractivity contribution >= 4 is 29.1 Å². The van der Waals surface area contributed by atoms with Crippen molar-refractivity contribution in [3.05, 3.63) is 40.5 Å². The minimum Gasteiger partial charge on any atom is -0.354 e. The molecule has 4 nitrogen and oxygen atoms in total. The number of nitrogens with zero attached hydrogens (tertiary/aromatic N) is 2. The topological polar surface area (TPSA) is 49.8 Å². The molecule has 0 aliphatic carbocycles. The van der Waals surface area contributed by atoms with E-state index in [0.717, 1.165) is 35.6 Å². The van der Waals surface area contributed by atoms with Crippen molar-refractivity contribution in [2.75, 3.05) is 17.2 Å². The summed E-state index contributed by atoms with van der Waals surface area (Å²) in [6.45, 7) is 7.15. The fourth-order valence-corrected chi connectivity index (χ4v) is 2.66. The molecule has 2 N–H and O–H groups in total. The largest absolute Gasteiger partial charge is 0.354 e. The molecule has 0 amide bonds. The smallest absolute Gasteiger partial charge is 0.224 e. The first kappa shape index (κ1) is 16.6. The summed E-state index contributed by atoms with van der Waals surface area (Å²) in [5.41, 5.74) is 3.14. The van der Waals surface area contributed by atoms with Crippen LogP contribution in [0.3, 0.4) is 0 Å². The van der Waals surface area contributed by atoms with E-state index in [1.54, 1.807) is 6.20 Å². The number of benzene rings is 1. The summed E-state index contributed by atoms with van der Waals surface area (Å²) in [4.78, 5) is 8.72. The molecule has 1 aromatic carbocycles. The van der Waals surface area contributed by atoms with E-state index in [1.807, 2.05) is 26.0 Å². The van der Waals surface area contributed by atoms with E-state index in [-0.39, 0.29) is 0 Å². The molecule has 0 radical (unpaired) electrons. The van der Waals surface area contributed by atoms with Gasteiger partial charge in [0.2, 0.25) is 5.95 Å². The van der Waals surface area contributed by atoms with Gasteiger partial charge in [-0.25, -0.2) is 4.98 Å². The fraction of sp³-hybridized carbons (Fsp3) is 0.412. The zero-order valence-electron chi connectivity index (χ0n) is 13.4. The average molecular weight is 319 g/mol. The molecule has 0 saturated heterocycles. The Hall–Kier alpha value is -1.81. The summed E-state index contributed by atoms with van der Waals surface area (Å²) >= 11 is 6.32. The van der Waals surface area contributed by atoms with Gasteiger partial charge in [-0.15, -0.1) is 0 Å². The predicted octanol–water partition coefficient (Wildman–Crippen LogP) is 5.09. The molecule has 0 aliphatic heterocycles. The van der Waals surface area contributed by atoms with Crippen molar-refractivity contribution in [3.8, 4) is 0 Å². The van der Waals surface area contributed by atoms with E-state index >= 15 is 0 Å². The van der Waals surface area contributed by atoms with Gasteiger partial charge in [-0.1, -0.05) is 37.4 Å². The van der Waals surface area contributed by atoms with E-state index in [9.17, 15) is 0 Å². The van der Waals surface area contributed by atoms with Gasteiger partial charge in [-0.2, -0.15) is 4.98 Å². The Bertz CT molecular complexity index is 605. The molecule has 0 saturated carbocycles. The lowest BCUT2D eigenvalue weighted by molar-refractivity contribution is 0.740. The zero-order chi connectivity index (χ0) is 15.9. The van der Waals surface area contributed by atoms with E-state index in [4.69, 9.17) is 11.6 Å². The predicted molar refractivity (Wildman–Crippen MR) is 94.3 cm³/mol. The van der Waals surface area contributed by atoms with Gasteiger partial charge in [0.15, 0.2) is 0 Å². The van der Waals surface area contributed by atoms with Crippen LogP contribution in [0, 0.1) is 13.8 Å². The quantitative estimate of drug-likeness (QED) is 0.698. The summed E-state index contributed by atoms with van der Waals surface area (Å²) in [6, 6.07) is 5.88. The van der Waals surface area contributed by atoms with Crippen molar-refractivity contribution < 1.29 is 0 Å². The van der Waals surface area contributed by atoms with Crippen molar-refractivity contribution in [2.24, 2.45) is 0 Å². The van der Waals surface area contributed by atoms with Crippen LogP contribution in [0.15, 0.2) is 24.4 Å². The molecule has 0 fully saturated rings. The average Bonchev–Trinajstić information content (AvgIpc) is 2.48. The summed E-state index contributed by atoms with van der Waals surface area (Å²) in [5.74, 6) is 1.38. The maximum absolute atomic E-state index is 6.32. The number of aryl methyl sites for hydroxylation is 2. The highest BCUT2D eigenvalue weighted by atomic mass is 35.5. The molecule has 1 heterocycles. The molecular formula is C17H23ClN4. The van der Waals surface area contributed by atoms with Gasteiger partial charge in [0.1, 0.15) is 5.82 Å². The Labute approximate surface area is 137 Å². The van der Waals surface area contributed by atoms with Gasteiger partial charge in [0.25, 0.3) is 0 Å². The highest BCUT2D eigenvalue weighted by Gasteiger charge is 2.07. The van der Waals surface area contributed by atoms with Crippen molar-refractivity contribution in [3.63, 3.8) is 0 Å². The van der Waals surface area contributed by atoms with Crippen LogP contribution in [-0.4, -0.2) is 16.5 Å². The van der Waals surface area contributed by atoms with Crippen LogP contribution < -0.4 is 10.6 Å². The molecule has 1 aromatic heterocycles. The summed E-state index contributed by atoms with van der Waals surface area (Å²) < 4.78 is 0. The monoisotopic (exact) mass is 318 g/mol. The molecule has 0 aliphatic rings. The van der Waals surface area contributed by atoms with Crippen molar-refractivity contribution in [1.29, 1.82) is 0 Å². The first-order valence-corrected chi connectivity index (χ1v) is 8.08. The number of aromatic nitrogens is 2. The molecular weight excluding hydrogens is 296 g/mol. The van der Waals surface area contributed by atoms with E-state index in [1.165, 1.54) is 12.8 Å². The number of hydrogen-bond acceptors (Lipinski definition) is 4. The number of nitrogens with one attached hydrogen (secondary N) is 2. The van der Waals surface area contributed by atoms with Crippen LogP contribution in [0.2, 0.25) is 5.02 Å². The third-order valence-electron chi connectivity index (χ3n) is 3.40. The molecule has 0 bridgehead atoms. The molecule has 0 unspecified atom stereocenters. The van der Waals surface area contributed by atoms with Gasteiger partial charge in [0.05, 0.1) is 10.7 Å². The molecule has 0 spiro atoms. The van der Waals surface area contributed by atoms with Crippen LogP contribution in [0.5, 0.6) is 0 Å². The van der Waals surface area contributed by atoms with Crippen molar-refractivity contribution in [2.45, 2.75) is 40.0 Å². The lowest BCUT2D eigenvalue weighted by atomic mass is 10.1. The normalized spacial score (nSPS) is 10.5. The van der Waals surface area contributed by atoms with Crippen LogP contribution >= 0.6 is 11.6 Å². The molecule has 2 aromatic rings. The number of anilines is 3. The van der Waals surface area contributed by atoms with Gasteiger partial charge in [-0.05, 0) is 43.5 Å². The number of rotatable bonds is 7. The highest BCUT2D eigenvalue weighted by molar-refractivity contribution is 6.33. The zero-order valence-corrected chi connectivity index (χ0v) is 14.2. The maximum atomic E-state index is 6.32. The third-order valence-corrected chi connectivity index (χ3v) is 3.70. The van der Waals surface area contributed by atoms with Crippen LogP contribution in [-0.2, 0) is 0 Å². The Morgan fingerprint density at radius 3 is 2.73 bits per heavy atom. The Balaban J connectivity index is 2.07. The minimum absolute atomic E-state index is 0.641. The molecule has 2 rings (SSSR count). The Morgan fingerprint density at radius 2 is 2.00 bits per heavy atom. The highest BCUT2D eigenvalue weighted by Crippen LogP contribution is 2.29. The maximum Gasteiger partial charge on any atom is 0.224 e. The second kappa shape index (κ2) is 7.99. The second-order valence-corrected chi connectivity index (χ2v) is 5.87. The van der Waals surface area contributed by atoms with Gasteiger partial charge >= 0.3 is 0 Å². The first-order valence-electron chi connectivity index (χ1n) is 7.71. The molecule has 22 heavy (non-hydrogen) atoms. The van der Waals surface area contributed by atoms with Gasteiger partial charge in [-0.3, -0.25) is 0 Å². The first-order chi connectivity index (χ1) is 10.6. The molecule has 118 valence electrons. The molecule has 5 heteroatoms. The van der Waals surface area contributed by atoms with Crippen LogP contribution in [0.4, 0.5) is 17.5 Å². The lowest BCUT2D eigenvalue weighted by Gasteiger charge is -2.13. The van der Waals surface area contributed by atoms with Gasteiger partial charge < -0.3 is 10.6 Å². The van der Waals surface area contributed by atoms with E-state index in [0.29, 0.717) is 11.0 Å². The van der Waals surface area contributed by atoms with Gasteiger partial charge in [0, 0.05) is 12.7 Å². The van der Waals surface area contributed by atoms with Crippen molar-refractivity contribution in [1.82, 2.24) is 9.97 Å². The minimum atomic E-state index is 0.641. The summed E-state index contributed by atoms with van der Waals surface area (Å²) in [6.07, 6.45) is 5.29.